The Hall–Kier alpha value is -0.830. The molecule has 0 heterocycles. The summed E-state index contributed by atoms with van der Waals surface area (Å²) in [5, 5.41) is 0. The van der Waals surface area contributed by atoms with Crippen LogP contribution in [0.1, 0.15) is 45.4 Å². The van der Waals surface area contributed by atoms with E-state index in [1.54, 1.807) is 14.0 Å². The normalized spacial score (nSPS) is 45.0. The molecule has 18 heavy (non-hydrogen) atoms. The molecule has 0 aromatic heterocycles. The summed E-state index contributed by atoms with van der Waals surface area (Å²) in [5.74, 6) is 1.11. The number of carbonyl (C=O) groups excluding carboxylic acids is 1. The molecular weight excluding hydrogens is 228 g/mol. The average molecular weight is 250 g/mol. The topological polar surface area (TPSA) is 35.5 Å². The molecule has 0 aliphatic heterocycles. The third-order valence-electron chi connectivity index (χ3n) is 5.04. The number of methoxy groups -OCH3 is 1. The molecule has 0 amide bonds. The second kappa shape index (κ2) is 3.83. The summed E-state index contributed by atoms with van der Waals surface area (Å²) < 4.78 is 11.6. The van der Waals surface area contributed by atoms with Crippen LogP contribution in [0.3, 0.4) is 0 Å². The zero-order valence-electron chi connectivity index (χ0n) is 11.3. The van der Waals surface area contributed by atoms with Gasteiger partial charge < -0.3 is 9.47 Å². The fourth-order valence-corrected chi connectivity index (χ4v) is 4.74. The molecule has 2 atom stereocenters. The fourth-order valence-electron chi connectivity index (χ4n) is 4.74. The molecule has 4 aliphatic rings. The molecule has 4 fully saturated rings. The third kappa shape index (κ3) is 1.80. The van der Waals surface area contributed by atoms with Crippen LogP contribution in [-0.2, 0) is 14.3 Å². The van der Waals surface area contributed by atoms with Crippen LogP contribution in [0.5, 0.6) is 0 Å². The lowest BCUT2D eigenvalue weighted by molar-refractivity contribution is -0.224. The van der Waals surface area contributed by atoms with Crippen LogP contribution in [-0.4, -0.2) is 24.3 Å². The zero-order chi connectivity index (χ0) is 13.0. The van der Waals surface area contributed by atoms with Gasteiger partial charge in [0, 0.05) is 19.1 Å². The molecule has 0 saturated heterocycles. The van der Waals surface area contributed by atoms with Crippen molar-refractivity contribution < 1.29 is 14.3 Å². The van der Waals surface area contributed by atoms with Gasteiger partial charge in [-0.25, -0.2) is 4.79 Å². The summed E-state index contributed by atoms with van der Waals surface area (Å²) in [7, 11) is 1.81. The molecule has 100 valence electrons. The van der Waals surface area contributed by atoms with Crippen LogP contribution in [0, 0.1) is 11.8 Å². The van der Waals surface area contributed by atoms with Gasteiger partial charge in [-0.05, 0) is 50.9 Å². The number of ether oxygens (including phenoxy) is 2. The van der Waals surface area contributed by atoms with Crippen molar-refractivity contribution in [2.45, 2.75) is 56.7 Å². The van der Waals surface area contributed by atoms with Gasteiger partial charge in [-0.1, -0.05) is 6.58 Å². The molecule has 0 N–H and O–H groups in total. The third-order valence-corrected chi connectivity index (χ3v) is 5.04. The molecular formula is C15H22O3. The summed E-state index contributed by atoms with van der Waals surface area (Å²) in [6.45, 7) is 5.40. The largest absolute Gasteiger partial charge is 0.456 e. The van der Waals surface area contributed by atoms with Crippen LogP contribution in [0.4, 0.5) is 0 Å². The van der Waals surface area contributed by atoms with Gasteiger partial charge >= 0.3 is 5.97 Å². The Labute approximate surface area is 109 Å². The Morgan fingerprint density at radius 1 is 1.17 bits per heavy atom. The quantitative estimate of drug-likeness (QED) is 0.570. The predicted molar refractivity (Wildman–Crippen MR) is 68.1 cm³/mol. The summed E-state index contributed by atoms with van der Waals surface area (Å²) in [6, 6.07) is 0. The van der Waals surface area contributed by atoms with Gasteiger partial charge in [0.2, 0.25) is 0 Å². The van der Waals surface area contributed by atoms with Crippen molar-refractivity contribution in [1.82, 2.24) is 0 Å². The highest BCUT2D eigenvalue weighted by Gasteiger charge is 2.60. The van der Waals surface area contributed by atoms with E-state index >= 15 is 0 Å². The Morgan fingerprint density at radius 3 is 2.22 bits per heavy atom. The second-order valence-electron chi connectivity index (χ2n) is 6.70. The Bertz CT molecular complexity index is 385. The van der Waals surface area contributed by atoms with Crippen LogP contribution < -0.4 is 0 Å². The lowest BCUT2D eigenvalue weighted by Gasteiger charge is -2.60. The van der Waals surface area contributed by atoms with E-state index < -0.39 is 0 Å². The minimum atomic E-state index is -0.268. The number of rotatable bonds is 3. The molecule has 2 unspecified atom stereocenters. The van der Waals surface area contributed by atoms with Gasteiger partial charge in [0.25, 0.3) is 0 Å². The molecule has 4 aliphatic carbocycles. The zero-order valence-corrected chi connectivity index (χ0v) is 11.3. The molecule has 4 saturated carbocycles. The SMILES string of the molecule is C=C(C)C(=O)OC12CC3CC(CC(OC)(C3)C1)C2. The molecule has 4 rings (SSSR count). The number of esters is 1. The van der Waals surface area contributed by atoms with E-state index in [4.69, 9.17) is 9.47 Å². The summed E-state index contributed by atoms with van der Waals surface area (Å²) >= 11 is 0. The van der Waals surface area contributed by atoms with Crippen LogP contribution in [0.15, 0.2) is 12.2 Å². The molecule has 0 aromatic rings. The number of carbonyl (C=O) groups is 1. The minimum absolute atomic E-state index is 0.0283. The van der Waals surface area contributed by atoms with Crippen molar-refractivity contribution in [3.8, 4) is 0 Å². The van der Waals surface area contributed by atoms with E-state index in [1.165, 1.54) is 6.42 Å². The van der Waals surface area contributed by atoms with E-state index in [0.29, 0.717) is 17.4 Å². The van der Waals surface area contributed by atoms with Gasteiger partial charge in [0.05, 0.1) is 5.60 Å². The van der Waals surface area contributed by atoms with Crippen molar-refractivity contribution in [1.29, 1.82) is 0 Å². The van der Waals surface area contributed by atoms with E-state index in [1.807, 2.05) is 0 Å². The van der Waals surface area contributed by atoms with E-state index in [2.05, 4.69) is 6.58 Å². The van der Waals surface area contributed by atoms with Gasteiger partial charge in [0.1, 0.15) is 5.60 Å². The van der Waals surface area contributed by atoms with Crippen LogP contribution >= 0.6 is 0 Å². The minimum Gasteiger partial charge on any atom is -0.456 e. The van der Waals surface area contributed by atoms with Crippen molar-refractivity contribution >= 4 is 5.97 Å². The first-order chi connectivity index (χ1) is 8.46. The van der Waals surface area contributed by atoms with E-state index in [9.17, 15) is 4.79 Å². The van der Waals surface area contributed by atoms with Crippen molar-refractivity contribution in [2.75, 3.05) is 7.11 Å². The molecule has 0 radical (unpaired) electrons. The van der Waals surface area contributed by atoms with Crippen molar-refractivity contribution in [3.63, 3.8) is 0 Å². The van der Waals surface area contributed by atoms with Gasteiger partial charge in [-0.2, -0.15) is 0 Å². The maximum absolute atomic E-state index is 11.9. The molecule has 3 heteroatoms. The Balaban J connectivity index is 1.84. The van der Waals surface area contributed by atoms with Crippen LogP contribution in [0.2, 0.25) is 0 Å². The maximum Gasteiger partial charge on any atom is 0.333 e. The van der Waals surface area contributed by atoms with Crippen LogP contribution in [0.25, 0.3) is 0 Å². The number of hydrogen-bond donors (Lipinski definition) is 0. The summed E-state index contributed by atoms with van der Waals surface area (Å²) in [4.78, 5) is 11.9. The highest BCUT2D eigenvalue weighted by molar-refractivity contribution is 5.87. The van der Waals surface area contributed by atoms with Gasteiger partial charge in [-0.3, -0.25) is 0 Å². The second-order valence-corrected chi connectivity index (χ2v) is 6.70. The highest BCUT2D eigenvalue weighted by atomic mass is 16.6. The van der Waals surface area contributed by atoms with Gasteiger partial charge in [0.15, 0.2) is 0 Å². The maximum atomic E-state index is 11.9. The van der Waals surface area contributed by atoms with Crippen molar-refractivity contribution in [3.05, 3.63) is 12.2 Å². The fraction of sp³-hybridized carbons (Fsp3) is 0.800. The lowest BCUT2D eigenvalue weighted by Crippen LogP contribution is -2.61. The standard InChI is InChI=1S/C15H22O3/c1-10(2)13(16)18-15-7-11-4-12(8-15)6-14(5-11,9-15)17-3/h11-12H,1,4-9H2,2-3H3. The van der Waals surface area contributed by atoms with E-state index in [0.717, 1.165) is 32.1 Å². The Kier molecular flexibility index (Phi) is 2.60. The average Bonchev–Trinajstić information content (AvgIpc) is 2.26. The molecule has 0 aromatic carbocycles. The number of hydrogen-bond acceptors (Lipinski definition) is 3. The summed E-state index contributed by atoms with van der Waals surface area (Å²) in [5.41, 5.74) is 0.201. The van der Waals surface area contributed by atoms with E-state index in [-0.39, 0.29) is 17.2 Å². The summed E-state index contributed by atoms with van der Waals surface area (Å²) in [6.07, 6.45) is 6.50. The molecule has 4 bridgehead atoms. The Morgan fingerprint density at radius 2 is 1.72 bits per heavy atom. The first-order valence-electron chi connectivity index (χ1n) is 6.90. The highest BCUT2D eigenvalue weighted by Crippen LogP contribution is 2.60. The predicted octanol–water partition coefficient (Wildman–Crippen LogP) is 2.84. The smallest absolute Gasteiger partial charge is 0.333 e. The van der Waals surface area contributed by atoms with Crippen molar-refractivity contribution in [2.24, 2.45) is 11.8 Å². The first kappa shape index (κ1) is 12.2. The molecule has 0 spiro atoms. The first-order valence-corrected chi connectivity index (χ1v) is 6.90. The monoisotopic (exact) mass is 250 g/mol. The van der Waals surface area contributed by atoms with Gasteiger partial charge in [-0.15, -0.1) is 0 Å². The lowest BCUT2D eigenvalue weighted by atomic mass is 9.52. The molecule has 3 nitrogen and oxygen atoms in total.